The molecule has 1 aromatic carbocycles. The van der Waals surface area contributed by atoms with Gasteiger partial charge >= 0.3 is 5.97 Å². The van der Waals surface area contributed by atoms with E-state index in [-0.39, 0.29) is 24.1 Å². The standard InChI is InChI=1S/C18H21N3O5/c22-16(10-19-9-13-2-1-6-18(13,11-19)17(23)24)20-7-5-12-3-4-14(21(25)26)8-15(12)20/h3-4,8,13H,1-2,5-7,9-11H2,(H,23,24)/t13-,18+/m0/s1. The summed E-state index contributed by atoms with van der Waals surface area (Å²) < 4.78 is 0. The number of hydrogen-bond acceptors (Lipinski definition) is 5. The van der Waals surface area contributed by atoms with Gasteiger partial charge < -0.3 is 10.0 Å². The van der Waals surface area contributed by atoms with Crippen LogP contribution in [0.15, 0.2) is 18.2 Å². The van der Waals surface area contributed by atoms with Gasteiger partial charge in [0.05, 0.1) is 22.6 Å². The molecule has 2 aliphatic heterocycles. The van der Waals surface area contributed by atoms with Crippen molar-refractivity contribution in [2.24, 2.45) is 11.3 Å². The molecule has 8 heteroatoms. The smallest absolute Gasteiger partial charge is 0.311 e. The van der Waals surface area contributed by atoms with E-state index in [2.05, 4.69) is 0 Å². The highest BCUT2D eigenvalue weighted by molar-refractivity contribution is 5.97. The predicted molar refractivity (Wildman–Crippen MR) is 93.0 cm³/mol. The molecule has 0 unspecified atom stereocenters. The Labute approximate surface area is 150 Å². The van der Waals surface area contributed by atoms with Gasteiger partial charge in [-0.15, -0.1) is 0 Å². The lowest BCUT2D eigenvalue weighted by Gasteiger charge is -2.24. The molecule has 8 nitrogen and oxygen atoms in total. The molecule has 2 heterocycles. The van der Waals surface area contributed by atoms with Crippen molar-refractivity contribution in [3.63, 3.8) is 0 Å². The van der Waals surface area contributed by atoms with Crippen molar-refractivity contribution in [1.29, 1.82) is 0 Å². The van der Waals surface area contributed by atoms with Crippen LogP contribution < -0.4 is 4.90 Å². The second-order valence-electron chi connectivity index (χ2n) is 7.59. The number of hydrogen-bond donors (Lipinski definition) is 1. The Bertz CT molecular complexity index is 795. The Balaban J connectivity index is 1.49. The van der Waals surface area contributed by atoms with Gasteiger partial charge in [0.15, 0.2) is 0 Å². The second-order valence-corrected chi connectivity index (χ2v) is 7.59. The summed E-state index contributed by atoms with van der Waals surface area (Å²) in [7, 11) is 0. The lowest BCUT2D eigenvalue weighted by Crippen LogP contribution is -2.41. The first kappa shape index (κ1) is 17.0. The van der Waals surface area contributed by atoms with Crippen LogP contribution >= 0.6 is 0 Å². The molecule has 1 saturated heterocycles. The Morgan fingerprint density at radius 2 is 2.19 bits per heavy atom. The van der Waals surface area contributed by atoms with Crippen LogP contribution in [0.4, 0.5) is 11.4 Å². The van der Waals surface area contributed by atoms with Crippen molar-refractivity contribution in [1.82, 2.24) is 4.90 Å². The van der Waals surface area contributed by atoms with Crippen LogP contribution in [0.5, 0.6) is 0 Å². The van der Waals surface area contributed by atoms with E-state index in [0.29, 0.717) is 38.2 Å². The van der Waals surface area contributed by atoms with Crippen molar-refractivity contribution in [2.75, 3.05) is 31.1 Å². The van der Waals surface area contributed by atoms with Gasteiger partial charge in [-0.25, -0.2) is 0 Å². The quantitative estimate of drug-likeness (QED) is 0.648. The molecule has 1 aromatic rings. The van der Waals surface area contributed by atoms with E-state index in [9.17, 15) is 24.8 Å². The molecule has 4 rings (SSSR count). The molecule has 1 amide bonds. The Hall–Kier alpha value is -2.48. The number of aliphatic carboxylic acids is 1. The molecular weight excluding hydrogens is 338 g/mol. The number of carboxylic acid groups (broad SMARTS) is 1. The zero-order chi connectivity index (χ0) is 18.5. The summed E-state index contributed by atoms with van der Waals surface area (Å²) in [6.45, 7) is 1.71. The minimum atomic E-state index is -0.753. The van der Waals surface area contributed by atoms with E-state index >= 15 is 0 Å². The van der Waals surface area contributed by atoms with Crippen LogP contribution in [0.3, 0.4) is 0 Å². The summed E-state index contributed by atoms with van der Waals surface area (Å²) in [6.07, 6.45) is 3.19. The zero-order valence-corrected chi connectivity index (χ0v) is 14.4. The van der Waals surface area contributed by atoms with Crippen LogP contribution in [-0.4, -0.2) is 53.0 Å². The number of likely N-dealkylation sites (tertiary alicyclic amines) is 1. The maximum Gasteiger partial charge on any atom is 0.311 e. The number of carboxylic acids is 1. The number of nitrogens with zero attached hydrogens (tertiary/aromatic N) is 3. The van der Waals surface area contributed by atoms with Crippen LogP contribution in [0.2, 0.25) is 0 Å². The number of nitro benzene ring substituents is 1. The van der Waals surface area contributed by atoms with Gasteiger partial charge in [-0.3, -0.25) is 24.6 Å². The zero-order valence-electron chi connectivity index (χ0n) is 14.4. The normalized spacial score (nSPS) is 27.4. The molecule has 3 aliphatic rings. The van der Waals surface area contributed by atoms with Crippen molar-refractivity contribution in [3.05, 3.63) is 33.9 Å². The average Bonchev–Trinajstić information content (AvgIpc) is 3.25. The highest BCUT2D eigenvalue weighted by atomic mass is 16.6. The third kappa shape index (κ3) is 2.56. The molecular formula is C18H21N3O5. The van der Waals surface area contributed by atoms with Crippen molar-refractivity contribution in [2.45, 2.75) is 25.7 Å². The molecule has 0 aromatic heterocycles. The first-order chi connectivity index (χ1) is 12.4. The number of fused-ring (bicyclic) bond motifs is 2. The first-order valence-electron chi connectivity index (χ1n) is 8.94. The largest absolute Gasteiger partial charge is 0.481 e. The van der Waals surface area contributed by atoms with Gasteiger partial charge in [0.1, 0.15) is 0 Å². The molecule has 0 bridgehead atoms. The molecule has 2 fully saturated rings. The maximum atomic E-state index is 12.8. The molecule has 1 N–H and O–H groups in total. The van der Waals surface area contributed by atoms with Gasteiger partial charge in [0.2, 0.25) is 5.91 Å². The first-order valence-corrected chi connectivity index (χ1v) is 8.94. The van der Waals surface area contributed by atoms with Gasteiger partial charge in [0, 0.05) is 31.8 Å². The van der Waals surface area contributed by atoms with Gasteiger partial charge in [0.25, 0.3) is 5.69 Å². The van der Waals surface area contributed by atoms with E-state index in [4.69, 9.17) is 0 Å². The van der Waals surface area contributed by atoms with Gasteiger partial charge in [-0.1, -0.05) is 12.5 Å². The highest BCUT2D eigenvalue weighted by Crippen LogP contribution is 2.48. The number of carbonyl (C=O) groups is 2. The van der Waals surface area contributed by atoms with E-state index in [1.54, 1.807) is 11.0 Å². The molecule has 0 radical (unpaired) electrons. The maximum absolute atomic E-state index is 12.8. The molecule has 2 atom stereocenters. The highest BCUT2D eigenvalue weighted by Gasteiger charge is 2.55. The van der Waals surface area contributed by atoms with Crippen LogP contribution in [0, 0.1) is 21.4 Å². The van der Waals surface area contributed by atoms with Crippen molar-refractivity contribution >= 4 is 23.3 Å². The molecule has 0 spiro atoms. The Morgan fingerprint density at radius 3 is 2.88 bits per heavy atom. The summed E-state index contributed by atoms with van der Waals surface area (Å²) in [5.41, 5.74) is 0.812. The summed E-state index contributed by atoms with van der Waals surface area (Å²) in [4.78, 5) is 38.7. The lowest BCUT2D eigenvalue weighted by molar-refractivity contribution is -0.384. The molecule has 1 saturated carbocycles. The SMILES string of the molecule is O=C(CN1C[C@@H]2CCC[C@@]2(C(=O)O)C1)N1CCc2ccc([N+](=O)[O-])cc21. The summed E-state index contributed by atoms with van der Waals surface area (Å²) in [6, 6.07) is 4.63. The van der Waals surface area contributed by atoms with Crippen molar-refractivity contribution in [3.8, 4) is 0 Å². The van der Waals surface area contributed by atoms with Crippen LogP contribution in [0.25, 0.3) is 0 Å². The predicted octanol–water partition coefficient (Wildman–Crippen LogP) is 1.67. The lowest BCUT2D eigenvalue weighted by atomic mass is 9.81. The number of carbonyl (C=O) groups excluding carboxylic acids is 1. The summed E-state index contributed by atoms with van der Waals surface area (Å²) in [5.74, 6) is -0.762. The fourth-order valence-corrected chi connectivity index (χ4v) is 4.88. The van der Waals surface area contributed by atoms with E-state index in [0.717, 1.165) is 18.4 Å². The Kier molecular flexibility index (Phi) is 3.95. The molecule has 1 aliphatic carbocycles. The van der Waals surface area contributed by atoms with Gasteiger partial charge in [-0.2, -0.15) is 0 Å². The number of benzene rings is 1. The van der Waals surface area contributed by atoms with Crippen molar-refractivity contribution < 1.29 is 19.6 Å². The summed E-state index contributed by atoms with van der Waals surface area (Å²) >= 11 is 0. The Morgan fingerprint density at radius 1 is 1.38 bits per heavy atom. The van der Waals surface area contributed by atoms with E-state index in [1.165, 1.54) is 12.1 Å². The number of anilines is 1. The number of rotatable bonds is 4. The number of amides is 1. The fraction of sp³-hybridized carbons (Fsp3) is 0.556. The topological polar surface area (TPSA) is 104 Å². The second kappa shape index (κ2) is 6.05. The minimum Gasteiger partial charge on any atom is -0.481 e. The third-order valence-electron chi connectivity index (χ3n) is 6.20. The van der Waals surface area contributed by atoms with Crippen LogP contribution in [0.1, 0.15) is 24.8 Å². The molecule has 26 heavy (non-hydrogen) atoms. The third-order valence-corrected chi connectivity index (χ3v) is 6.20. The van der Waals surface area contributed by atoms with E-state index < -0.39 is 16.3 Å². The molecule has 138 valence electrons. The monoisotopic (exact) mass is 359 g/mol. The number of non-ortho nitro benzene ring substituents is 1. The fourth-order valence-electron chi connectivity index (χ4n) is 4.88. The average molecular weight is 359 g/mol. The summed E-state index contributed by atoms with van der Waals surface area (Å²) in [5, 5.41) is 20.7. The van der Waals surface area contributed by atoms with Gasteiger partial charge in [-0.05, 0) is 30.7 Å². The number of nitro groups is 1. The minimum absolute atomic E-state index is 0.0241. The van der Waals surface area contributed by atoms with Crippen LogP contribution in [-0.2, 0) is 16.0 Å². The van der Waals surface area contributed by atoms with E-state index in [1.807, 2.05) is 4.90 Å².